The lowest BCUT2D eigenvalue weighted by molar-refractivity contribution is -0.130. The first-order chi connectivity index (χ1) is 17.5. The first-order valence-corrected chi connectivity index (χ1v) is 12.2. The molecule has 1 fully saturated rings. The Morgan fingerprint density at radius 3 is 2.58 bits per heavy atom. The molecule has 0 radical (unpaired) electrons. The van der Waals surface area contributed by atoms with Gasteiger partial charge in [0.1, 0.15) is 29.3 Å². The van der Waals surface area contributed by atoms with Crippen molar-refractivity contribution in [2.75, 3.05) is 39.5 Å². The Kier molecular flexibility index (Phi) is 6.81. The molecule has 1 unspecified atom stereocenters. The van der Waals surface area contributed by atoms with Gasteiger partial charge in [-0.2, -0.15) is 5.10 Å². The number of fused-ring (bicyclic) bond motifs is 1. The van der Waals surface area contributed by atoms with Crippen LogP contribution in [0.5, 0.6) is 11.5 Å². The maximum atomic E-state index is 12.7. The number of carbonyl (C=O) groups is 1. The summed E-state index contributed by atoms with van der Waals surface area (Å²) < 4.78 is 7.85. The van der Waals surface area contributed by atoms with Gasteiger partial charge in [-0.1, -0.05) is 18.2 Å². The van der Waals surface area contributed by atoms with E-state index in [1.54, 1.807) is 0 Å². The molecule has 186 valence electrons. The van der Waals surface area contributed by atoms with Gasteiger partial charge >= 0.3 is 0 Å². The summed E-state index contributed by atoms with van der Waals surface area (Å²) in [5.74, 6) is 2.09. The van der Waals surface area contributed by atoms with E-state index in [2.05, 4.69) is 14.9 Å². The number of hydrogen-bond acceptors (Lipinski definition) is 7. The van der Waals surface area contributed by atoms with Gasteiger partial charge in [0.05, 0.1) is 11.4 Å². The second kappa shape index (κ2) is 10.3. The summed E-state index contributed by atoms with van der Waals surface area (Å²) in [5.41, 5.74) is 8.61. The number of amides is 1. The number of nitrogens with two attached hydrogens (primary N) is 1. The van der Waals surface area contributed by atoms with E-state index in [4.69, 9.17) is 15.6 Å². The highest BCUT2D eigenvalue weighted by Gasteiger charge is 2.30. The third-order valence-electron chi connectivity index (χ3n) is 6.48. The molecule has 2 aromatic carbocycles. The molecule has 2 aromatic heterocycles. The molecule has 1 aliphatic heterocycles. The zero-order valence-electron chi connectivity index (χ0n) is 20.7. The third kappa shape index (κ3) is 5.01. The molecule has 1 atom stereocenters. The van der Waals surface area contributed by atoms with Crippen LogP contribution in [0.25, 0.3) is 22.3 Å². The Bertz CT molecular complexity index is 1340. The third-order valence-corrected chi connectivity index (χ3v) is 6.48. The Morgan fingerprint density at radius 2 is 1.83 bits per heavy atom. The zero-order chi connectivity index (χ0) is 25.1. The second-order valence-electron chi connectivity index (χ2n) is 9.38. The number of hydrogen-bond donors (Lipinski definition) is 1. The summed E-state index contributed by atoms with van der Waals surface area (Å²) in [5, 5.41) is 5.67. The summed E-state index contributed by atoms with van der Waals surface area (Å²) in [4.78, 5) is 25.5. The molecular weight excluding hydrogens is 454 g/mol. The van der Waals surface area contributed by atoms with Crippen molar-refractivity contribution in [3.63, 3.8) is 0 Å². The smallest absolute Gasteiger partial charge is 0.222 e. The van der Waals surface area contributed by atoms with Gasteiger partial charge in [-0.3, -0.25) is 4.79 Å². The van der Waals surface area contributed by atoms with Gasteiger partial charge in [0.25, 0.3) is 0 Å². The highest BCUT2D eigenvalue weighted by atomic mass is 16.5. The highest BCUT2D eigenvalue weighted by Crippen LogP contribution is 2.35. The van der Waals surface area contributed by atoms with E-state index in [0.717, 1.165) is 47.5 Å². The predicted molar refractivity (Wildman–Crippen MR) is 140 cm³/mol. The monoisotopic (exact) mass is 485 g/mol. The lowest BCUT2D eigenvalue weighted by Gasteiger charge is -2.17. The van der Waals surface area contributed by atoms with Crippen LogP contribution in [0.3, 0.4) is 0 Å². The Labute approximate surface area is 210 Å². The average molecular weight is 486 g/mol. The van der Waals surface area contributed by atoms with Gasteiger partial charge in [0.2, 0.25) is 5.91 Å². The van der Waals surface area contributed by atoms with Crippen molar-refractivity contribution in [3.05, 3.63) is 60.9 Å². The molecule has 5 rings (SSSR count). The van der Waals surface area contributed by atoms with E-state index in [-0.39, 0.29) is 11.9 Å². The second-order valence-corrected chi connectivity index (χ2v) is 9.38. The Morgan fingerprint density at radius 1 is 1.08 bits per heavy atom. The van der Waals surface area contributed by atoms with Crippen molar-refractivity contribution >= 4 is 22.8 Å². The molecule has 2 N–H and O–H groups in total. The summed E-state index contributed by atoms with van der Waals surface area (Å²) in [7, 11) is 4.04. The fourth-order valence-electron chi connectivity index (χ4n) is 4.63. The molecule has 1 amide bonds. The first-order valence-electron chi connectivity index (χ1n) is 12.2. The standard InChI is InChI=1S/C27H31N7O2/c1-32(2)15-6-9-23(35)33-16-14-20(17-33)34-27-24(26(28)29-18-30-27)25(31-34)19-10-12-22(13-11-19)36-21-7-4-3-5-8-21/h3-5,7-8,10-13,18,20H,6,9,14-17H2,1-2H3,(H2,28,29,30). The van der Waals surface area contributed by atoms with Crippen LogP contribution in [0, 0.1) is 0 Å². The van der Waals surface area contributed by atoms with E-state index < -0.39 is 0 Å². The van der Waals surface area contributed by atoms with Crippen LogP contribution in [0.2, 0.25) is 0 Å². The highest BCUT2D eigenvalue weighted by molar-refractivity contribution is 5.98. The molecule has 36 heavy (non-hydrogen) atoms. The minimum Gasteiger partial charge on any atom is -0.457 e. The number of aromatic nitrogens is 4. The van der Waals surface area contributed by atoms with Gasteiger partial charge < -0.3 is 20.3 Å². The number of ether oxygens (including phenoxy) is 1. The van der Waals surface area contributed by atoms with E-state index in [0.29, 0.717) is 31.0 Å². The van der Waals surface area contributed by atoms with Gasteiger partial charge in [0, 0.05) is 25.1 Å². The lowest BCUT2D eigenvalue weighted by Crippen LogP contribution is -2.29. The minimum atomic E-state index is 0.0361. The largest absolute Gasteiger partial charge is 0.457 e. The summed E-state index contributed by atoms with van der Waals surface area (Å²) in [6, 6.07) is 17.5. The summed E-state index contributed by atoms with van der Waals surface area (Å²) in [6.45, 7) is 2.24. The molecule has 1 aliphatic rings. The quantitative estimate of drug-likeness (QED) is 0.403. The van der Waals surface area contributed by atoms with E-state index in [1.807, 2.05) is 78.3 Å². The van der Waals surface area contributed by atoms with Gasteiger partial charge in [-0.25, -0.2) is 14.6 Å². The normalized spacial score (nSPS) is 15.6. The van der Waals surface area contributed by atoms with Crippen molar-refractivity contribution in [1.29, 1.82) is 0 Å². The van der Waals surface area contributed by atoms with Crippen LogP contribution >= 0.6 is 0 Å². The van der Waals surface area contributed by atoms with Crippen LogP contribution in [0.1, 0.15) is 25.3 Å². The number of nitrogens with zero attached hydrogens (tertiary/aromatic N) is 6. The lowest BCUT2D eigenvalue weighted by atomic mass is 10.1. The van der Waals surface area contributed by atoms with E-state index in [9.17, 15) is 4.79 Å². The molecule has 0 bridgehead atoms. The van der Waals surface area contributed by atoms with E-state index >= 15 is 0 Å². The first kappa shape index (κ1) is 23.7. The maximum Gasteiger partial charge on any atom is 0.222 e. The van der Waals surface area contributed by atoms with E-state index in [1.165, 1.54) is 6.33 Å². The maximum absolute atomic E-state index is 12.7. The van der Waals surface area contributed by atoms with Crippen LogP contribution in [-0.2, 0) is 4.79 Å². The van der Waals surface area contributed by atoms with Crippen molar-refractivity contribution in [2.24, 2.45) is 0 Å². The van der Waals surface area contributed by atoms with Gasteiger partial charge in [-0.05, 0) is 69.9 Å². The molecule has 0 saturated carbocycles. The number of nitrogen functional groups attached to an aromatic ring is 1. The SMILES string of the molecule is CN(C)CCCC(=O)N1CCC(n2nc(-c3ccc(Oc4ccccc4)cc3)c3c(N)ncnc32)C1. The van der Waals surface area contributed by atoms with Crippen LogP contribution in [0.15, 0.2) is 60.9 Å². The molecular formula is C27H31N7O2. The Balaban J connectivity index is 1.38. The van der Waals surface area contributed by atoms with Crippen molar-refractivity contribution < 1.29 is 9.53 Å². The summed E-state index contributed by atoms with van der Waals surface area (Å²) >= 11 is 0. The van der Waals surface area contributed by atoms with Crippen LogP contribution in [0.4, 0.5) is 5.82 Å². The molecule has 1 saturated heterocycles. The molecule has 0 spiro atoms. The minimum absolute atomic E-state index is 0.0361. The van der Waals surface area contributed by atoms with Gasteiger partial charge in [0.15, 0.2) is 5.65 Å². The molecule has 9 nitrogen and oxygen atoms in total. The topological polar surface area (TPSA) is 102 Å². The number of anilines is 1. The fourth-order valence-corrected chi connectivity index (χ4v) is 4.63. The van der Waals surface area contributed by atoms with Crippen molar-refractivity contribution in [3.8, 4) is 22.8 Å². The van der Waals surface area contributed by atoms with Crippen LogP contribution in [-0.4, -0.2) is 69.2 Å². The molecule has 0 aliphatic carbocycles. The molecule has 3 heterocycles. The summed E-state index contributed by atoms with van der Waals surface area (Å²) in [6.07, 6.45) is 3.71. The molecule has 4 aromatic rings. The fraction of sp³-hybridized carbons (Fsp3) is 0.333. The zero-order valence-corrected chi connectivity index (χ0v) is 20.7. The number of para-hydroxylation sites is 1. The Hall–Kier alpha value is -3.98. The van der Waals surface area contributed by atoms with Gasteiger partial charge in [-0.15, -0.1) is 0 Å². The van der Waals surface area contributed by atoms with Crippen molar-refractivity contribution in [2.45, 2.75) is 25.3 Å². The van der Waals surface area contributed by atoms with Crippen LogP contribution < -0.4 is 10.5 Å². The van der Waals surface area contributed by atoms with Crippen molar-refractivity contribution in [1.82, 2.24) is 29.5 Å². The average Bonchev–Trinajstić information content (AvgIpc) is 3.51. The number of likely N-dealkylation sites (tertiary alicyclic amines) is 1. The number of rotatable bonds is 8. The number of benzene rings is 2. The number of carbonyl (C=O) groups excluding carboxylic acids is 1. The predicted octanol–water partition coefficient (Wildman–Crippen LogP) is 3.98. The molecule has 9 heteroatoms.